The molecule has 0 spiro atoms. The Morgan fingerprint density at radius 1 is 0.714 bits per heavy atom. The number of furan rings is 1. The molecule has 4 heterocycles. The molecule has 5 nitrogen and oxygen atoms in total. The van der Waals surface area contributed by atoms with Gasteiger partial charge in [0.2, 0.25) is 0 Å². The molecule has 0 unspecified atom stereocenters. The molecule has 0 atom stereocenters. The summed E-state index contributed by atoms with van der Waals surface area (Å²) >= 11 is 0. The molecule has 0 saturated carbocycles. The first kappa shape index (κ1) is 38.8. The van der Waals surface area contributed by atoms with Gasteiger partial charge in [0.1, 0.15) is 5.58 Å². The summed E-state index contributed by atoms with van der Waals surface area (Å²) in [7, 11) is -1.27. The number of benzene rings is 5. The van der Waals surface area contributed by atoms with E-state index < -0.39 is 8.07 Å². The van der Waals surface area contributed by atoms with Crippen LogP contribution in [0.25, 0.3) is 72.4 Å². The molecule has 9 aromatic rings. The van der Waals surface area contributed by atoms with Gasteiger partial charge < -0.3 is 14.0 Å². The van der Waals surface area contributed by atoms with Crippen LogP contribution >= 0.6 is 0 Å². The topological polar surface area (TPSA) is 56.7 Å². The van der Waals surface area contributed by atoms with Crippen LogP contribution in [0.5, 0.6) is 0 Å². The maximum Gasteiger partial charge on any atom is 0.120 e. The molecule has 56 heavy (non-hydrogen) atoms. The number of fused-ring (bicyclic) bond motifs is 4. The van der Waals surface area contributed by atoms with E-state index in [1.54, 1.807) is 0 Å². The zero-order valence-electron chi connectivity index (χ0n) is 32.8. The molecule has 9 rings (SSSR count). The van der Waals surface area contributed by atoms with Crippen molar-refractivity contribution in [3.8, 4) is 39.5 Å². The van der Waals surface area contributed by atoms with Crippen molar-refractivity contribution in [3.05, 3.63) is 163 Å². The summed E-state index contributed by atoms with van der Waals surface area (Å²) in [5, 5.41) is 3.59. The van der Waals surface area contributed by atoms with Crippen molar-refractivity contribution in [2.75, 3.05) is 0 Å². The van der Waals surface area contributed by atoms with E-state index in [2.05, 4.69) is 153 Å². The summed E-state index contributed by atoms with van der Waals surface area (Å²) in [6, 6.07) is 48.1. The molecular formula is C49H44IrN4OSi-2. The fraction of sp³-hybridized carbons (Fsp3) is 0.163. The number of pyridine rings is 2. The minimum Gasteiger partial charge on any atom is -0.501 e. The zero-order valence-corrected chi connectivity index (χ0v) is 36.2. The standard InChI is InChI=1S/C34H26N3O.C15H18NSi.Ir/c1-34(2,3)28-20-35-21-29-31(28)37(24-18-16-23(17-19-24)22-10-5-4-6-11-22)33(36-29)27-14-9-13-26-25-12-7-8-15-30(25)38-32(26)27;1-12-10-14(13-8-6-5-7-9-13)16-11-15(12)17(2,3)4;/h4-13,15-21H,1-3H3;5-8,10-11H,1-4H3;/q2*-1;. The van der Waals surface area contributed by atoms with Gasteiger partial charge >= 0.3 is 0 Å². The molecule has 281 valence electrons. The van der Waals surface area contributed by atoms with Gasteiger partial charge in [0, 0.05) is 49.1 Å². The summed E-state index contributed by atoms with van der Waals surface area (Å²) in [5.41, 5.74) is 12.2. The summed E-state index contributed by atoms with van der Waals surface area (Å²) in [4.78, 5) is 14.3. The van der Waals surface area contributed by atoms with Crippen molar-refractivity contribution in [1.82, 2.24) is 19.5 Å². The van der Waals surface area contributed by atoms with E-state index in [1.165, 1.54) is 21.9 Å². The van der Waals surface area contributed by atoms with Crippen LogP contribution in [0.4, 0.5) is 0 Å². The largest absolute Gasteiger partial charge is 0.501 e. The van der Waals surface area contributed by atoms with Gasteiger partial charge in [-0.3, -0.25) is 9.97 Å². The number of imidazole rings is 1. The summed E-state index contributed by atoms with van der Waals surface area (Å²) in [6.07, 6.45) is 5.87. The number of aryl methyl sites for hydroxylation is 1. The second-order valence-corrected chi connectivity index (χ2v) is 21.1. The maximum atomic E-state index is 6.40. The molecule has 0 saturated heterocycles. The smallest absolute Gasteiger partial charge is 0.120 e. The molecular weight excluding hydrogens is 881 g/mol. The summed E-state index contributed by atoms with van der Waals surface area (Å²) < 4.78 is 8.64. The number of para-hydroxylation sites is 1. The Morgan fingerprint density at radius 3 is 2.12 bits per heavy atom. The molecule has 0 aliphatic heterocycles. The van der Waals surface area contributed by atoms with E-state index in [9.17, 15) is 0 Å². The van der Waals surface area contributed by atoms with Gasteiger partial charge in [-0.15, -0.1) is 54.1 Å². The van der Waals surface area contributed by atoms with Crippen LogP contribution in [0, 0.1) is 19.1 Å². The Labute approximate surface area is 343 Å². The minimum absolute atomic E-state index is 0. The average molecular weight is 925 g/mol. The van der Waals surface area contributed by atoms with Crippen molar-refractivity contribution in [2.24, 2.45) is 0 Å². The molecule has 7 heteroatoms. The van der Waals surface area contributed by atoms with E-state index >= 15 is 0 Å². The Bertz CT molecular complexity index is 2780. The van der Waals surface area contributed by atoms with Gasteiger partial charge in [-0.05, 0) is 52.5 Å². The Hall–Kier alpha value is -5.46. The van der Waals surface area contributed by atoms with Gasteiger partial charge in [-0.1, -0.05) is 124 Å². The van der Waals surface area contributed by atoms with Crippen LogP contribution in [0.3, 0.4) is 0 Å². The van der Waals surface area contributed by atoms with Crippen LogP contribution in [0.2, 0.25) is 19.6 Å². The third-order valence-electron chi connectivity index (χ3n) is 10.1. The molecule has 1 radical (unpaired) electrons. The predicted octanol–water partition coefficient (Wildman–Crippen LogP) is 12.2. The van der Waals surface area contributed by atoms with Gasteiger partial charge in [0.15, 0.2) is 0 Å². The Kier molecular flexibility index (Phi) is 10.8. The van der Waals surface area contributed by atoms with Crippen molar-refractivity contribution >= 4 is 46.2 Å². The molecule has 4 aromatic heterocycles. The molecule has 0 aliphatic rings. The fourth-order valence-electron chi connectivity index (χ4n) is 7.33. The Balaban J connectivity index is 0.000000225. The van der Waals surface area contributed by atoms with Crippen LogP contribution in [-0.4, -0.2) is 27.6 Å². The van der Waals surface area contributed by atoms with Crippen LogP contribution in [0.1, 0.15) is 31.9 Å². The molecule has 0 bridgehead atoms. The van der Waals surface area contributed by atoms with Crippen LogP contribution in [0.15, 0.2) is 144 Å². The second kappa shape index (κ2) is 15.6. The van der Waals surface area contributed by atoms with Crippen molar-refractivity contribution < 1.29 is 24.5 Å². The Morgan fingerprint density at radius 2 is 1.43 bits per heavy atom. The molecule has 0 amide bonds. The van der Waals surface area contributed by atoms with Crippen LogP contribution < -0.4 is 5.19 Å². The minimum atomic E-state index is -1.27. The van der Waals surface area contributed by atoms with Gasteiger partial charge in [-0.25, -0.2) is 0 Å². The SMILES string of the molecule is CC(C)(C)c1cncc2nc(-c3[c-]ccc4c3oc3ccccc34)n(-c3ccc(-c4ccccc4)cc3)c12.Cc1cc(-c2[c-]cccc2)ncc1[Si](C)(C)C.[Ir]. The quantitative estimate of drug-likeness (QED) is 0.127. The molecule has 5 aromatic carbocycles. The van der Waals surface area contributed by atoms with Gasteiger partial charge in [0.05, 0.1) is 36.7 Å². The second-order valence-electron chi connectivity index (χ2n) is 16.1. The van der Waals surface area contributed by atoms with E-state index in [0.29, 0.717) is 0 Å². The first-order chi connectivity index (χ1) is 26.5. The normalized spacial score (nSPS) is 11.7. The number of hydrogen-bond acceptors (Lipinski definition) is 4. The number of aromatic nitrogens is 4. The molecule has 0 N–H and O–H groups in total. The van der Waals surface area contributed by atoms with Crippen molar-refractivity contribution in [1.29, 1.82) is 0 Å². The number of nitrogens with zero attached hydrogens (tertiary/aromatic N) is 4. The van der Waals surface area contributed by atoms with Gasteiger partial charge in [-0.2, -0.15) is 0 Å². The van der Waals surface area contributed by atoms with Gasteiger partial charge in [0.25, 0.3) is 0 Å². The average Bonchev–Trinajstić information content (AvgIpc) is 3.77. The third kappa shape index (κ3) is 7.55. The van der Waals surface area contributed by atoms with E-state index in [0.717, 1.165) is 66.9 Å². The molecule has 0 aliphatic carbocycles. The third-order valence-corrected chi connectivity index (χ3v) is 12.2. The summed E-state index contributed by atoms with van der Waals surface area (Å²) in [6.45, 7) is 15.9. The van der Waals surface area contributed by atoms with Crippen molar-refractivity contribution in [3.63, 3.8) is 0 Å². The monoisotopic (exact) mass is 925 g/mol. The van der Waals surface area contributed by atoms with Crippen molar-refractivity contribution in [2.45, 2.75) is 52.8 Å². The number of rotatable bonds is 5. The van der Waals surface area contributed by atoms with E-state index in [-0.39, 0.29) is 25.5 Å². The van der Waals surface area contributed by atoms with E-state index in [4.69, 9.17) is 9.40 Å². The zero-order chi connectivity index (χ0) is 38.3. The molecule has 0 fully saturated rings. The fourth-order valence-corrected chi connectivity index (χ4v) is 9.04. The summed E-state index contributed by atoms with van der Waals surface area (Å²) in [5.74, 6) is 0.788. The number of hydrogen-bond donors (Lipinski definition) is 0. The predicted molar refractivity (Wildman–Crippen MR) is 231 cm³/mol. The first-order valence-electron chi connectivity index (χ1n) is 18.8. The van der Waals surface area contributed by atoms with Crippen LogP contribution in [-0.2, 0) is 25.5 Å². The maximum absolute atomic E-state index is 6.40. The first-order valence-corrected chi connectivity index (χ1v) is 22.3. The van der Waals surface area contributed by atoms with E-state index in [1.807, 2.05) is 60.9 Å².